The maximum atomic E-state index is 12.8. The standard InChI is InChI=1S/C21H24N4O3/c1-4-25-19-11-10-16(12-18(19)23-24-25)21(27)22-17(13-20(26)28-14(2)3)15-8-6-5-7-9-15/h5-12,14,17H,4,13H2,1-3H3,(H,22,27)/t17-/m1/s1. The number of hydrogen-bond acceptors (Lipinski definition) is 5. The maximum Gasteiger partial charge on any atom is 0.308 e. The number of hydrogen-bond donors (Lipinski definition) is 1. The van der Waals surface area contributed by atoms with E-state index in [9.17, 15) is 9.59 Å². The number of carbonyl (C=O) groups excluding carboxylic acids is 2. The van der Waals surface area contributed by atoms with Gasteiger partial charge in [-0.2, -0.15) is 0 Å². The highest BCUT2D eigenvalue weighted by atomic mass is 16.5. The van der Waals surface area contributed by atoms with Gasteiger partial charge in [0.2, 0.25) is 0 Å². The van der Waals surface area contributed by atoms with Gasteiger partial charge in [-0.1, -0.05) is 35.5 Å². The molecule has 7 heteroatoms. The number of carbonyl (C=O) groups is 2. The van der Waals surface area contributed by atoms with Crippen LogP contribution in [0.2, 0.25) is 0 Å². The van der Waals surface area contributed by atoms with Gasteiger partial charge in [-0.15, -0.1) is 5.10 Å². The second-order valence-electron chi connectivity index (χ2n) is 6.79. The third-order valence-corrected chi connectivity index (χ3v) is 4.32. The van der Waals surface area contributed by atoms with Crippen molar-refractivity contribution < 1.29 is 14.3 Å². The molecule has 0 aliphatic rings. The van der Waals surface area contributed by atoms with Gasteiger partial charge in [0.15, 0.2) is 0 Å². The molecule has 0 radical (unpaired) electrons. The topological polar surface area (TPSA) is 86.1 Å². The number of esters is 1. The molecule has 3 rings (SSSR count). The van der Waals surface area contributed by atoms with Gasteiger partial charge < -0.3 is 10.1 Å². The summed E-state index contributed by atoms with van der Waals surface area (Å²) in [5, 5.41) is 11.1. The van der Waals surface area contributed by atoms with Crippen molar-refractivity contribution >= 4 is 22.9 Å². The molecule has 0 unspecified atom stereocenters. The number of aromatic nitrogens is 3. The van der Waals surface area contributed by atoms with E-state index in [1.54, 1.807) is 30.7 Å². The zero-order valence-corrected chi connectivity index (χ0v) is 16.3. The van der Waals surface area contributed by atoms with E-state index < -0.39 is 6.04 Å². The van der Waals surface area contributed by atoms with Gasteiger partial charge in [0.25, 0.3) is 5.91 Å². The molecular formula is C21H24N4O3. The summed E-state index contributed by atoms with van der Waals surface area (Å²) in [5.74, 6) is -0.635. The molecule has 0 saturated heterocycles. The minimum atomic E-state index is -0.484. The number of fused-ring (bicyclic) bond motifs is 1. The Morgan fingerprint density at radius 1 is 1.14 bits per heavy atom. The predicted molar refractivity (Wildman–Crippen MR) is 106 cm³/mol. The van der Waals surface area contributed by atoms with Crippen LogP contribution in [0.25, 0.3) is 11.0 Å². The molecule has 0 aliphatic heterocycles. The predicted octanol–water partition coefficient (Wildman–Crippen LogP) is 3.26. The SMILES string of the molecule is CCn1nnc2cc(C(=O)N[C@H](CC(=O)OC(C)C)c3ccccc3)ccc21. The number of aryl methyl sites for hydroxylation is 1. The first-order chi connectivity index (χ1) is 13.5. The van der Waals surface area contributed by atoms with Crippen molar-refractivity contribution in [3.63, 3.8) is 0 Å². The Balaban J connectivity index is 1.81. The second-order valence-corrected chi connectivity index (χ2v) is 6.79. The van der Waals surface area contributed by atoms with E-state index in [-0.39, 0.29) is 24.4 Å². The van der Waals surface area contributed by atoms with Crippen LogP contribution in [0.5, 0.6) is 0 Å². The minimum Gasteiger partial charge on any atom is -0.463 e. The lowest BCUT2D eigenvalue weighted by atomic mass is 10.0. The molecule has 2 aromatic carbocycles. The van der Waals surface area contributed by atoms with Crippen molar-refractivity contribution in [1.82, 2.24) is 20.3 Å². The van der Waals surface area contributed by atoms with Crippen molar-refractivity contribution in [2.75, 3.05) is 0 Å². The molecule has 1 amide bonds. The molecule has 28 heavy (non-hydrogen) atoms. The van der Waals surface area contributed by atoms with Crippen molar-refractivity contribution in [1.29, 1.82) is 0 Å². The molecule has 0 fully saturated rings. The van der Waals surface area contributed by atoms with Crippen molar-refractivity contribution in [3.8, 4) is 0 Å². The fraction of sp³-hybridized carbons (Fsp3) is 0.333. The van der Waals surface area contributed by atoms with E-state index in [0.717, 1.165) is 11.1 Å². The molecule has 1 N–H and O–H groups in total. The number of ether oxygens (including phenoxy) is 1. The number of benzene rings is 2. The first-order valence-corrected chi connectivity index (χ1v) is 9.36. The molecule has 1 heterocycles. The van der Waals surface area contributed by atoms with Gasteiger partial charge in [0.1, 0.15) is 5.52 Å². The Morgan fingerprint density at radius 3 is 2.57 bits per heavy atom. The first-order valence-electron chi connectivity index (χ1n) is 9.36. The number of rotatable bonds is 7. The van der Waals surface area contributed by atoms with E-state index in [0.29, 0.717) is 17.6 Å². The summed E-state index contributed by atoms with van der Waals surface area (Å²) in [6.45, 7) is 6.28. The largest absolute Gasteiger partial charge is 0.463 e. The first kappa shape index (κ1) is 19.5. The monoisotopic (exact) mass is 380 g/mol. The van der Waals surface area contributed by atoms with Crippen LogP contribution in [0.1, 0.15) is 49.2 Å². The van der Waals surface area contributed by atoms with Gasteiger partial charge in [-0.25, -0.2) is 4.68 Å². The summed E-state index contributed by atoms with van der Waals surface area (Å²) in [4.78, 5) is 25.0. The van der Waals surface area contributed by atoms with Crippen LogP contribution >= 0.6 is 0 Å². The minimum absolute atomic E-state index is 0.0577. The molecule has 0 bridgehead atoms. The summed E-state index contributed by atoms with van der Waals surface area (Å²) in [5.41, 5.74) is 2.84. The molecule has 1 atom stereocenters. The number of nitrogens with one attached hydrogen (secondary N) is 1. The van der Waals surface area contributed by atoms with Crippen molar-refractivity contribution in [2.24, 2.45) is 0 Å². The van der Waals surface area contributed by atoms with Gasteiger partial charge in [-0.3, -0.25) is 9.59 Å². The van der Waals surface area contributed by atoms with Gasteiger partial charge in [0.05, 0.1) is 24.1 Å². The lowest BCUT2D eigenvalue weighted by molar-refractivity contribution is -0.147. The summed E-state index contributed by atoms with van der Waals surface area (Å²) in [6.07, 6.45) is -0.148. The number of amides is 1. The van der Waals surface area contributed by atoms with Gasteiger partial charge in [0, 0.05) is 12.1 Å². The summed E-state index contributed by atoms with van der Waals surface area (Å²) >= 11 is 0. The summed E-state index contributed by atoms with van der Waals surface area (Å²) in [6, 6.07) is 14.2. The van der Waals surface area contributed by atoms with E-state index in [2.05, 4.69) is 15.6 Å². The Labute approximate surface area is 163 Å². The molecule has 146 valence electrons. The van der Waals surface area contributed by atoms with Gasteiger partial charge >= 0.3 is 5.97 Å². The molecule has 7 nitrogen and oxygen atoms in total. The Kier molecular flexibility index (Phi) is 6.03. The van der Waals surface area contributed by atoms with Crippen LogP contribution in [-0.4, -0.2) is 33.0 Å². The van der Waals surface area contributed by atoms with Crippen LogP contribution < -0.4 is 5.32 Å². The quantitative estimate of drug-likeness (QED) is 0.636. The molecule has 0 aliphatic carbocycles. The lowest BCUT2D eigenvalue weighted by Gasteiger charge is -2.19. The lowest BCUT2D eigenvalue weighted by Crippen LogP contribution is -2.31. The zero-order valence-electron chi connectivity index (χ0n) is 16.3. The molecular weight excluding hydrogens is 356 g/mol. The summed E-state index contributed by atoms with van der Waals surface area (Å²) < 4.78 is 7.02. The highest BCUT2D eigenvalue weighted by molar-refractivity contribution is 5.97. The second kappa shape index (κ2) is 8.65. The fourth-order valence-electron chi connectivity index (χ4n) is 3.00. The highest BCUT2D eigenvalue weighted by Gasteiger charge is 2.21. The zero-order chi connectivity index (χ0) is 20.1. The van der Waals surface area contributed by atoms with Crippen LogP contribution in [0.4, 0.5) is 0 Å². The average Bonchev–Trinajstić information content (AvgIpc) is 3.09. The normalized spacial score (nSPS) is 12.1. The van der Waals surface area contributed by atoms with E-state index >= 15 is 0 Å². The number of nitrogens with zero attached hydrogens (tertiary/aromatic N) is 3. The van der Waals surface area contributed by atoms with Crippen LogP contribution in [-0.2, 0) is 16.1 Å². The molecule has 0 saturated carbocycles. The van der Waals surface area contributed by atoms with Crippen molar-refractivity contribution in [3.05, 3.63) is 59.7 Å². The molecule has 0 spiro atoms. The Morgan fingerprint density at radius 2 is 1.89 bits per heavy atom. The van der Waals surface area contributed by atoms with Crippen molar-refractivity contribution in [2.45, 2.75) is 45.9 Å². The third-order valence-electron chi connectivity index (χ3n) is 4.32. The third kappa shape index (κ3) is 4.54. The van der Waals surface area contributed by atoms with Gasteiger partial charge in [-0.05, 0) is 44.5 Å². The molecule has 3 aromatic rings. The van der Waals surface area contributed by atoms with E-state index in [1.165, 1.54) is 0 Å². The highest BCUT2D eigenvalue weighted by Crippen LogP contribution is 2.20. The van der Waals surface area contributed by atoms with Crippen LogP contribution in [0.15, 0.2) is 48.5 Å². The average molecular weight is 380 g/mol. The van der Waals surface area contributed by atoms with E-state index in [4.69, 9.17) is 4.74 Å². The Hall–Kier alpha value is -3.22. The van der Waals surface area contributed by atoms with Crippen LogP contribution in [0, 0.1) is 0 Å². The fourth-order valence-corrected chi connectivity index (χ4v) is 3.00. The Bertz CT molecular complexity index is 966. The molecule has 1 aromatic heterocycles. The maximum absolute atomic E-state index is 12.8. The smallest absolute Gasteiger partial charge is 0.308 e. The van der Waals surface area contributed by atoms with E-state index in [1.807, 2.05) is 43.3 Å². The summed E-state index contributed by atoms with van der Waals surface area (Å²) in [7, 11) is 0. The van der Waals surface area contributed by atoms with Crippen LogP contribution in [0.3, 0.4) is 0 Å².